The molecule has 0 saturated carbocycles. The van der Waals surface area contributed by atoms with Crippen molar-refractivity contribution >= 4 is 17.5 Å². The van der Waals surface area contributed by atoms with Gasteiger partial charge in [0.15, 0.2) is 11.4 Å². The van der Waals surface area contributed by atoms with Crippen LogP contribution in [0.3, 0.4) is 0 Å². The van der Waals surface area contributed by atoms with E-state index in [2.05, 4.69) is 4.90 Å². The highest BCUT2D eigenvalue weighted by Crippen LogP contribution is 2.52. The van der Waals surface area contributed by atoms with Crippen LogP contribution in [0.25, 0.3) is 0 Å². The predicted molar refractivity (Wildman–Crippen MR) is 133 cm³/mol. The summed E-state index contributed by atoms with van der Waals surface area (Å²) in [6.07, 6.45) is 2.96. The lowest BCUT2D eigenvalue weighted by Crippen LogP contribution is -2.63. The number of rotatable bonds is 4. The molecule has 10 nitrogen and oxygen atoms in total. The van der Waals surface area contributed by atoms with Crippen molar-refractivity contribution in [3.63, 3.8) is 0 Å². The SMILES string of the molecule is CN(C)[C@@H]1C(O)=C(C(N)=O)C(=O)[C@@]2(O)C(O)=C3C(=O)c4c(O)cc(CN5CCCCC5)c(F)c4C[C@H]3C[C@@H]12. The van der Waals surface area contributed by atoms with Gasteiger partial charge in [-0.15, -0.1) is 0 Å². The smallest absolute Gasteiger partial charge is 0.255 e. The number of nitrogens with zero attached hydrogens (tertiary/aromatic N) is 2. The molecular weight excluding hydrogens is 497 g/mol. The third-order valence-electron chi connectivity index (χ3n) is 8.57. The number of carbonyl (C=O) groups is 3. The van der Waals surface area contributed by atoms with Gasteiger partial charge in [-0.2, -0.15) is 0 Å². The average molecular weight is 530 g/mol. The minimum Gasteiger partial charge on any atom is -0.510 e. The molecule has 4 aliphatic rings. The first-order chi connectivity index (χ1) is 17.9. The molecule has 6 N–H and O–H groups in total. The van der Waals surface area contributed by atoms with E-state index in [-0.39, 0.29) is 41.6 Å². The maximum atomic E-state index is 15.8. The van der Waals surface area contributed by atoms with Gasteiger partial charge in [-0.05, 0) is 64.9 Å². The number of aromatic hydroxyl groups is 1. The van der Waals surface area contributed by atoms with Gasteiger partial charge in [0.25, 0.3) is 5.91 Å². The Hall–Kier alpha value is -3.28. The lowest BCUT2D eigenvalue weighted by atomic mass is 9.58. The number of piperidine rings is 1. The van der Waals surface area contributed by atoms with Crippen LogP contribution in [-0.2, 0) is 22.6 Å². The molecule has 1 aromatic rings. The number of benzene rings is 1. The Morgan fingerprint density at radius 2 is 1.84 bits per heavy atom. The third kappa shape index (κ3) is 3.67. The van der Waals surface area contributed by atoms with E-state index in [1.165, 1.54) is 11.0 Å². The van der Waals surface area contributed by atoms with Gasteiger partial charge in [0.1, 0.15) is 28.7 Å². The molecule has 1 aromatic carbocycles. The van der Waals surface area contributed by atoms with E-state index in [1.54, 1.807) is 14.1 Å². The summed E-state index contributed by atoms with van der Waals surface area (Å²) >= 11 is 0. The fraction of sp³-hybridized carbons (Fsp3) is 0.519. The van der Waals surface area contributed by atoms with Crippen LogP contribution in [0.4, 0.5) is 4.39 Å². The Morgan fingerprint density at radius 1 is 1.18 bits per heavy atom. The molecule has 1 aliphatic heterocycles. The molecule has 0 unspecified atom stereocenters. The molecule has 38 heavy (non-hydrogen) atoms. The van der Waals surface area contributed by atoms with Crippen molar-refractivity contribution in [3.8, 4) is 5.75 Å². The highest BCUT2D eigenvalue weighted by Gasteiger charge is 2.63. The van der Waals surface area contributed by atoms with E-state index >= 15 is 4.39 Å². The summed E-state index contributed by atoms with van der Waals surface area (Å²) < 4.78 is 15.8. The first kappa shape index (κ1) is 26.3. The Bertz CT molecular complexity index is 1310. The number of allylic oxidation sites excluding steroid dienone is 1. The summed E-state index contributed by atoms with van der Waals surface area (Å²) in [5, 5.41) is 44.5. The Kier molecular flexibility index (Phi) is 6.36. The van der Waals surface area contributed by atoms with E-state index in [9.17, 15) is 34.8 Å². The van der Waals surface area contributed by atoms with Gasteiger partial charge in [0, 0.05) is 29.2 Å². The fourth-order valence-electron chi connectivity index (χ4n) is 6.83. The summed E-state index contributed by atoms with van der Waals surface area (Å²) in [6.45, 7) is 1.90. The summed E-state index contributed by atoms with van der Waals surface area (Å²) in [5.41, 5.74) is 1.42. The van der Waals surface area contributed by atoms with E-state index in [0.29, 0.717) is 0 Å². The second kappa shape index (κ2) is 9.18. The molecule has 0 spiro atoms. The number of fused-ring (bicyclic) bond motifs is 3. The highest BCUT2D eigenvalue weighted by atomic mass is 19.1. The summed E-state index contributed by atoms with van der Waals surface area (Å²) in [7, 11) is 3.11. The molecule has 11 heteroatoms. The number of ketones is 2. The van der Waals surface area contributed by atoms with Gasteiger partial charge in [0.05, 0.1) is 11.6 Å². The third-order valence-corrected chi connectivity index (χ3v) is 8.57. The second-order valence-corrected chi connectivity index (χ2v) is 11.0. The zero-order chi connectivity index (χ0) is 27.7. The van der Waals surface area contributed by atoms with Crippen LogP contribution >= 0.6 is 0 Å². The van der Waals surface area contributed by atoms with Gasteiger partial charge >= 0.3 is 0 Å². The molecule has 0 radical (unpaired) electrons. The number of phenols is 1. The van der Waals surface area contributed by atoms with Crippen LogP contribution in [-0.4, -0.2) is 86.5 Å². The number of phenolic OH excluding ortho intramolecular Hbond substituents is 1. The molecule has 204 valence electrons. The van der Waals surface area contributed by atoms with Crippen molar-refractivity contribution in [2.45, 2.75) is 50.3 Å². The van der Waals surface area contributed by atoms with Crippen molar-refractivity contribution in [2.75, 3.05) is 27.2 Å². The van der Waals surface area contributed by atoms with Crippen LogP contribution in [0.2, 0.25) is 0 Å². The van der Waals surface area contributed by atoms with Crippen LogP contribution in [0.15, 0.2) is 28.7 Å². The number of nitrogens with two attached hydrogens (primary N) is 1. The van der Waals surface area contributed by atoms with Crippen molar-refractivity contribution in [2.24, 2.45) is 17.6 Å². The van der Waals surface area contributed by atoms with Crippen molar-refractivity contribution in [1.29, 1.82) is 0 Å². The molecule has 0 aromatic heterocycles. The molecule has 1 amide bonds. The fourth-order valence-corrected chi connectivity index (χ4v) is 6.83. The Labute approximate surface area is 218 Å². The van der Waals surface area contributed by atoms with E-state index in [4.69, 9.17) is 5.73 Å². The Balaban J connectivity index is 1.62. The van der Waals surface area contributed by atoms with Crippen LogP contribution < -0.4 is 5.73 Å². The number of aliphatic hydroxyl groups excluding tert-OH is 2. The topological polar surface area (TPSA) is 165 Å². The lowest BCUT2D eigenvalue weighted by molar-refractivity contribution is -0.148. The number of primary amides is 1. The summed E-state index contributed by atoms with van der Waals surface area (Å²) in [5.74, 6) is -8.09. The molecule has 3 aliphatic carbocycles. The second-order valence-electron chi connectivity index (χ2n) is 11.0. The number of Topliss-reactive ketones (excluding diaryl/α,β-unsaturated/α-hetero) is 2. The van der Waals surface area contributed by atoms with Gasteiger partial charge in [-0.25, -0.2) is 4.39 Å². The molecule has 1 saturated heterocycles. The molecule has 4 atom stereocenters. The molecule has 0 bridgehead atoms. The van der Waals surface area contributed by atoms with Crippen molar-refractivity contribution in [3.05, 3.63) is 51.2 Å². The maximum absolute atomic E-state index is 15.8. The lowest BCUT2D eigenvalue weighted by Gasteiger charge is -2.50. The molecule has 1 heterocycles. The van der Waals surface area contributed by atoms with E-state index in [0.717, 1.165) is 32.4 Å². The van der Waals surface area contributed by atoms with Crippen LogP contribution in [0.1, 0.15) is 47.2 Å². The average Bonchev–Trinajstić information content (AvgIpc) is 2.84. The standard InChI is InChI=1S/C27H32FN3O7/c1-30(2)21-15-9-12-8-14-18(16(32)10-13(20(14)28)11-31-6-4-3-5-7-31)22(33)17(12)24(35)27(15,38)25(36)19(23(21)34)26(29)37/h10,12,15,21,32,34-35,38H,3-9,11H2,1-2H3,(H2,29,37)/t12-,15-,21-,27-/m0/s1. The maximum Gasteiger partial charge on any atom is 0.255 e. The first-order valence-electron chi connectivity index (χ1n) is 12.8. The zero-order valence-electron chi connectivity index (χ0n) is 21.3. The largest absolute Gasteiger partial charge is 0.510 e. The quantitative estimate of drug-likeness (QED) is 0.361. The van der Waals surface area contributed by atoms with Gasteiger partial charge < -0.3 is 26.2 Å². The summed E-state index contributed by atoms with van der Waals surface area (Å²) in [6, 6.07) is 0.128. The minimum absolute atomic E-state index is 0.0233. The normalized spacial score (nSPS) is 29.9. The number of carbonyl (C=O) groups excluding carboxylic acids is 3. The first-order valence-corrected chi connectivity index (χ1v) is 12.8. The molecule has 5 rings (SSSR count). The van der Waals surface area contributed by atoms with Crippen LogP contribution in [0.5, 0.6) is 5.75 Å². The number of hydrogen-bond acceptors (Lipinski definition) is 9. The zero-order valence-corrected chi connectivity index (χ0v) is 21.3. The van der Waals surface area contributed by atoms with Crippen molar-refractivity contribution < 1.29 is 39.2 Å². The number of likely N-dealkylation sites (N-methyl/N-ethyl adjacent to an activating group) is 1. The molecule has 1 fully saturated rings. The Morgan fingerprint density at radius 3 is 2.45 bits per heavy atom. The predicted octanol–water partition coefficient (Wildman–Crippen LogP) is 1.25. The monoisotopic (exact) mass is 529 g/mol. The van der Waals surface area contributed by atoms with Gasteiger partial charge in [0.2, 0.25) is 5.78 Å². The number of halogens is 1. The minimum atomic E-state index is -2.72. The number of hydrogen-bond donors (Lipinski definition) is 5. The van der Waals surface area contributed by atoms with Gasteiger partial charge in [-0.1, -0.05) is 6.42 Å². The number of likely N-dealkylation sites (tertiary alicyclic amines) is 1. The van der Waals surface area contributed by atoms with E-state index in [1.807, 2.05) is 0 Å². The van der Waals surface area contributed by atoms with Crippen molar-refractivity contribution in [1.82, 2.24) is 9.80 Å². The number of amides is 1. The number of aliphatic hydroxyl groups is 3. The van der Waals surface area contributed by atoms with Crippen LogP contribution in [0, 0.1) is 17.7 Å². The van der Waals surface area contributed by atoms with E-state index < -0.39 is 69.6 Å². The molecular formula is C27H32FN3O7. The van der Waals surface area contributed by atoms with Gasteiger partial charge in [-0.3, -0.25) is 24.2 Å². The summed E-state index contributed by atoms with van der Waals surface area (Å²) in [4.78, 5) is 42.5. The highest BCUT2D eigenvalue weighted by molar-refractivity contribution is 6.24.